The molecule has 7 heteroatoms. The minimum Gasteiger partial charge on any atom is -0.451 e. The van der Waals surface area contributed by atoms with Gasteiger partial charge in [0.1, 0.15) is 4.88 Å². The van der Waals surface area contributed by atoms with Crippen LogP contribution in [0.3, 0.4) is 0 Å². The summed E-state index contributed by atoms with van der Waals surface area (Å²) in [6.07, 6.45) is 7.52. The normalized spacial score (nSPS) is 15.3. The number of thiophene rings is 1. The van der Waals surface area contributed by atoms with E-state index in [1.165, 1.54) is 34.6 Å². The van der Waals surface area contributed by atoms with Gasteiger partial charge in [0.15, 0.2) is 6.61 Å². The molecule has 0 unspecified atom stereocenters. The van der Waals surface area contributed by atoms with Gasteiger partial charge < -0.3 is 10.1 Å². The SMILES string of the molecule is CC[C@H](C)NC(=O)NC(=O)COC(=O)c1cc2c(s1)CCCCCC2. The average molecular weight is 366 g/mol. The van der Waals surface area contributed by atoms with Crippen molar-refractivity contribution in [1.82, 2.24) is 10.6 Å². The fraction of sp³-hybridized carbons (Fsp3) is 0.611. The number of hydrogen-bond donors (Lipinski definition) is 2. The number of aryl methyl sites for hydroxylation is 2. The van der Waals surface area contributed by atoms with E-state index in [1.807, 2.05) is 19.9 Å². The molecule has 0 saturated carbocycles. The lowest BCUT2D eigenvalue weighted by atomic mass is 10.00. The first-order chi connectivity index (χ1) is 12.0. The molecule has 1 aliphatic carbocycles. The predicted molar refractivity (Wildman–Crippen MR) is 96.9 cm³/mol. The number of carbonyl (C=O) groups excluding carboxylic acids is 3. The van der Waals surface area contributed by atoms with Crippen molar-refractivity contribution in [3.63, 3.8) is 0 Å². The van der Waals surface area contributed by atoms with E-state index in [1.54, 1.807) is 0 Å². The number of imide groups is 1. The lowest BCUT2D eigenvalue weighted by molar-refractivity contribution is -0.123. The molecule has 1 heterocycles. The van der Waals surface area contributed by atoms with Crippen LogP contribution in [-0.2, 0) is 22.4 Å². The highest BCUT2D eigenvalue weighted by atomic mass is 32.1. The number of esters is 1. The van der Waals surface area contributed by atoms with Crippen molar-refractivity contribution in [1.29, 1.82) is 0 Å². The van der Waals surface area contributed by atoms with Crippen LogP contribution in [0.2, 0.25) is 0 Å². The van der Waals surface area contributed by atoms with Crippen molar-refractivity contribution in [3.05, 3.63) is 21.4 Å². The maximum absolute atomic E-state index is 12.2. The molecule has 1 atom stereocenters. The van der Waals surface area contributed by atoms with E-state index in [0.717, 1.165) is 32.1 Å². The van der Waals surface area contributed by atoms with Crippen molar-refractivity contribution >= 4 is 29.2 Å². The number of nitrogens with one attached hydrogen (secondary N) is 2. The first-order valence-electron chi connectivity index (χ1n) is 8.88. The molecule has 2 N–H and O–H groups in total. The van der Waals surface area contributed by atoms with Gasteiger partial charge in [-0.2, -0.15) is 0 Å². The zero-order valence-corrected chi connectivity index (χ0v) is 15.7. The van der Waals surface area contributed by atoms with E-state index in [9.17, 15) is 14.4 Å². The summed E-state index contributed by atoms with van der Waals surface area (Å²) in [7, 11) is 0. The summed E-state index contributed by atoms with van der Waals surface area (Å²) in [6.45, 7) is 3.31. The van der Waals surface area contributed by atoms with E-state index in [2.05, 4.69) is 10.6 Å². The zero-order valence-electron chi connectivity index (χ0n) is 14.9. The highest BCUT2D eigenvalue weighted by Crippen LogP contribution is 2.28. The maximum atomic E-state index is 12.2. The molecule has 1 aliphatic rings. The molecule has 0 spiro atoms. The molecule has 0 saturated heterocycles. The predicted octanol–water partition coefficient (Wildman–Crippen LogP) is 3.19. The summed E-state index contributed by atoms with van der Waals surface area (Å²) < 4.78 is 5.04. The molecular weight excluding hydrogens is 340 g/mol. The number of urea groups is 1. The molecule has 138 valence electrons. The Morgan fingerprint density at radius 2 is 1.92 bits per heavy atom. The molecular formula is C18H26N2O4S. The van der Waals surface area contributed by atoms with Gasteiger partial charge in [-0.3, -0.25) is 10.1 Å². The highest BCUT2D eigenvalue weighted by Gasteiger charge is 2.18. The third-order valence-corrected chi connectivity index (χ3v) is 5.49. The Hall–Kier alpha value is -1.89. The van der Waals surface area contributed by atoms with Crippen LogP contribution in [0.5, 0.6) is 0 Å². The lowest BCUT2D eigenvalue weighted by Crippen LogP contribution is -2.44. The second-order valence-corrected chi connectivity index (χ2v) is 7.52. The monoisotopic (exact) mass is 366 g/mol. The Morgan fingerprint density at radius 3 is 2.64 bits per heavy atom. The second kappa shape index (κ2) is 9.56. The van der Waals surface area contributed by atoms with Crippen molar-refractivity contribution in [2.45, 2.75) is 64.8 Å². The number of rotatable bonds is 5. The second-order valence-electron chi connectivity index (χ2n) is 6.38. The topological polar surface area (TPSA) is 84.5 Å². The van der Waals surface area contributed by atoms with Crippen molar-refractivity contribution in [2.75, 3.05) is 6.61 Å². The molecule has 1 aromatic heterocycles. The molecule has 0 bridgehead atoms. The molecule has 0 radical (unpaired) electrons. The Labute approximate surface area is 152 Å². The van der Waals surface area contributed by atoms with Gasteiger partial charge in [-0.15, -0.1) is 11.3 Å². The smallest absolute Gasteiger partial charge is 0.348 e. The van der Waals surface area contributed by atoms with Gasteiger partial charge in [-0.05, 0) is 50.7 Å². The molecule has 2 rings (SSSR count). The van der Waals surface area contributed by atoms with Crippen LogP contribution < -0.4 is 10.6 Å². The van der Waals surface area contributed by atoms with Gasteiger partial charge in [0.05, 0.1) is 0 Å². The van der Waals surface area contributed by atoms with Crippen LogP contribution in [0.1, 0.15) is 66.1 Å². The third kappa shape index (κ3) is 6.16. The molecule has 0 fully saturated rings. The number of amides is 3. The fourth-order valence-corrected chi connectivity index (χ4v) is 3.82. The third-order valence-electron chi connectivity index (χ3n) is 4.27. The largest absolute Gasteiger partial charge is 0.451 e. The van der Waals surface area contributed by atoms with Crippen molar-refractivity contribution < 1.29 is 19.1 Å². The van der Waals surface area contributed by atoms with E-state index >= 15 is 0 Å². The van der Waals surface area contributed by atoms with Gasteiger partial charge in [-0.1, -0.05) is 19.8 Å². The fourth-order valence-electron chi connectivity index (χ4n) is 2.67. The van der Waals surface area contributed by atoms with Gasteiger partial charge in [-0.25, -0.2) is 9.59 Å². The molecule has 3 amide bonds. The van der Waals surface area contributed by atoms with Crippen LogP contribution in [-0.4, -0.2) is 30.6 Å². The summed E-state index contributed by atoms with van der Waals surface area (Å²) in [6, 6.07) is 1.29. The summed E-state index contributed by atoms with van der Waals surface area (Å²) in [5.41, 5.74) is 1.23. The standard InChI is InChI=1S/C18H26N2O4S/c1-3-12(2)19-18(23)20-16(21)11-24-17(22)15-10-13-8-6-4-5-7-9-14(13)25-15/h10,12H,3-9,11H2,1-2H3,(H2,19,20,21,23)/t12-/m0/s1. The minimum absolute atomic E-state index is 0.0269. The molecule has 6 nitrogen and oxygen atoms in total. The summed E-state index contributed by atoms with van der Waals surface area (Å²) in [5.74, 6) is -1.14. The molecule has 0 aliphatic heterocycles. The highest BCUT2D eigenvalue weighted by molar-refractivity contribution is 7.14. The van der Waals surface area contributed by atoms with E-state index in [4.69, 9.17) is 4.74 Å². The van der Waals surface area contributed by atoms with E-state index < -0.39 is 24.5 Å². The molecule has 1 aromatic rings. The van der Waals surface area contributed by atoms with Crippen LogP contribution in [0.25, 0.3) is 0 Å². The van der Waals surface area contributed by atoms with Crippen LogP contribution in [0, 0.1) is 0 Å². The number of hydrogen-bond acceptors (Lipinski definition) is 5. The molecule has 0 aromatic carbocycles. The molecule has 25 heavy (non-hydrogen) atoms. The minimum atomic E-state index is -0.635. The van der Waals surface area contributed by atoms with E-state index in [0.29, 0.717) is 4.88 Å². The summed E-state index contributed by atoms with van der Waals surface area (Å²) in [5, 5.41) is 4.77. The van der Waals surface area contributed by atoms with Gasteiger partial charge in [0, 0.05) is 10.9 Å². The van der Waals surface area contributed by atoms with Gasteiger partial charge in [0.2, 0.25) is 0 Å². The lowest BCUT2D eigenvalue weighted by Gasteiger charge is -2.11. The van der Waals surface area contributed by atoms with Crippen molar-refractivity contribution in [3.8, 4) is 0 Å². The van der Waals surface area contributed by atoms with Crippen LogP contribution in [0.4, 0.5) is 4.79 Å². The first-order valence-corrected chi connectivity index (χ1v) is 9.70. The number of fused-ring (bicyclic) bond motifs is 1. The Morgan fingerprint density at radius 1 is 1.20 bits per heavy atom. The van der Waals surface area contributed by atoms with Crippen LogP contribution >= 0.6 is 11.3 Å². The first kappa shape index (κ1) is 19.4. The zero-order chi connectivity index (χ0) is 18.2. The average Bonchev–Trinajstić information content (AvgIpc) is 2.94. The van der Waals surface area contributed by atoms with Crippen LogP contribution in [0.15, 0.2) is 6.07 Å². The Kier molecular flexibility index (Phi) is 7.43. The van der Waals surface area contributed by atoms with Crippen molar-refractivity contribution in [2.24, 2.45) is 0 Å². The summed E-state index contributed by atoms with van der Waals surface area (Å²) >= 11 is 1.46. The number of ether oxygens (including phenoxy) is 1. The maximum Gasteiger partial charge on any atom is 0.348 e. The summed E-state index contributed by atoms with van der Waals surface area (Å²) in [4.78, 5) is 37.2. The Bertz CT molecular complexity index is 601. The van der Waals surface area contributed by atoms with Gasteiger partial charge in [0.25, 0.3) is 5.91 Å². The quantitative estimate of drug-likeness (QED) is 0.784. The Balaban J connectivity index is 1.82. The van der Waals surface area contributed by atoms with Gasteiger partial charge >= 0.3 is 12.0 Å². The number of carbonyl (C=O) groups is 3. The van der Waals surface area contributed by atoms with E-state index in [-0.39, 0.29) is 6.04 Å².